The van der Waals surface area contributed by atoms with E-state index in [2.05, 4.69) is 11.4 Å². The van der Waals surface area contributed by atoms with Crippen molar-refractivity contribution in [2.24, 2.45) is 11.8 Å². The number of nitrogens with one attached hydrogen (secondary N) is 1. The number of aryl methyl sites for hydroxylation is 1. The van der Waals surface area contributed by atoms with Gasteiger partial charge in [0, 0.05) is 4.88 Å². The van der Waals surface area contributed by atoms with E-state index in [4.69, 9.17) is 4.74 Å². The monoisotopic (exact) mass is 346 g/mol. The maximum Gasteiger partial charge on any atom is 0.310 e. The number of carboxylic acid groups (broad SMARTS) is 1. The highest BCUT2D eigenvalue weighted by atomic mass is 32.1. The third-order valence-corrected chi connectivity index (χ3v) is 6.59. The molecule has 2 N–H and O–H groups in total. The number of nitriles is 1. The second kappa shape index (κ2) is 5.87. The molecule has 7 heteroatoms. The lowest BCUT2D eigenvalue weighted by atomic mass is 9.78. The Balaban J connectivity index is 1.60. The van der Waals surface area contributed by atoms with E-state index in [1.54, 1.807) is 0 Å². The predicted octanol–water partition coefficient (Wildman–Crippen LogP) is 2.32. The number of hydrogen-bond acceptors (Lipinski definition) is 5. The van der Waals surface area contributed by atoms with Gasteiger partial charge in [-0.3, -0.25) is 9.59 Å². The van der Waals surface area contributed by atoms with Crippen LogP contribution in [0.1, 0.15) is 41.7 Å². The molecular weight excluding hydrogens is 328 g/mol. The fraction of sp³-hybridized carbons (Fsp3) is 0.588. The number of rotatable bonds is 3. The molecule has 3 heterocycles. The molecule has 1 aromatic heterocycles. The predicted molar refractivity (Wildman–Crippen MR) is 86.8 cm³/mol. The molecule has 1 amide bonds. The molecule has 1 aromatic rings. The van der Waals surface area contributed by atoms with Crippen LogP contribution in [0.5, 0.6) is 0 Å². The molecule has 126 valence electrons. The van der Waals surface area contributed by atoms with E-state index in [0.29, 0.717) is 17.0 Å². The number of nitrogens with zero attached hydrogens (tertiary/aromatic N) is 1. The van der Waals surface area contributed by atoms with Gasteiger partial charge in [-0.1, -0.05) is 0 Å². The van der Waals surface area contributed by atoms with E-state index in [-0.39, 0.29) is 18.1 Å². The lowest BCUT2D eigenvalue weighted by Crippen LogP contribution is -2.40. The average molecular weight is 346 g/mol. The normalized spacial score (nSPS) is 30.6. The highest BCUT2D eigenvalue weighted by Gasteiger charge is 2.55. The molecular formula is C17H18N2O4S. The van der Waals surface area contributed by atoms with E-state index in [1.807, 2.05) is 0 Å². The maximum atomic E-state index is 12.7. The topological polar surface area (TPSA) is 99.4 Å². The van der Waals surface area contributed by atoms with Crippen molar-refractivity contribution in [1.82, 2.24) is 0 Å². The number of carbonyl (C=O) groups excluding carboxylic acids is 1. The smallest absolute Gasteiger partial charge is 0.310 e. The molecule has 0 unspecified atom stereocenters. The minimum absolute atomic E-state index is 0.323. The molecule has 3 aliphatic rings. The van der Waals surface area contributed by atoms with Crippen LogP contribution in [0.15, 0.2) is 0 Å². The van der Waals surface area contributed by atoms with Crippen LogP contribution in [0, 0.1) is 23.2 Å². The van der Waals surface area contributed by atoms with E-state index in [1.165, 1.54) is 16.2 Å². The molecule has 2 saturated heterocycles. The van der Waals surface area contributed by atoms with Gasteiger partial charge in [0.05, 0.1) is 29.6 Å². The Labute approximate surface area is 143 Å². The Kier molecular flexibility index (Phi) is 3.82. The molecule has 2 fully saturated rings. The molecule has 6 nitrogen and oxygen atoms in total. The molecule has 1 aliphatic carbocycles. The molecule has 4 rings (SSSR count). The largest absolute Gasteiger partial charge is 0.481 e. The highest BCUT2D eigenvalue weighted by Crippen LogP contribution is 2.45. The lowest BCUT2D eigenvalue weighted by molar-refractivity contribution is -0.147. The fourth-order valence-corrected chi connectivity index (χ4v) is 5.53. The van der Waals surface area contributed by atoms with Gasteiger partial charge in [0.2, 0.25) is 5.91 Å². The second-order valence-electron chi connectivity index (χ2n) is 6.70. The van der Waals surface area contributed by atoms with E-state index >= 15 is 0 Å². The van der Waals surface area contributed by atoms with E-state index in [9.17, 15) is 20.0 Å². The molecule has 24 heavy (non-hydrogen) atoms. The average Bonchev–Trinajstić information content (AvgIpc) is 3.26. The van der Waals surface area contributed by atoms with Gasteiger partial charge < -0.3 is 15.2 Å². The summed E-state index contributed by atoms with van der Waals surface area (Å²) in [7, 11) is 0. The van der Waals surface area contributed by atoms with Crippen molar-refractivity contribution >= 4 is 28.2 Å². The van der Waals surface area contributed by atoms with Crippen molar-refractivity contribution in [3.63, 3.8) is 0 Å². The number of carboxylic acids is 1. The molecule has 0 radical (unpaired) electrons. The summed E-state index contributed by atoms with van der Waals surface area (Å²) in [6.45, 7) is 0. The standard InChI is InChI=1S/C17H18N2O4S/c18-7-9-8-3-1-2-4-12(8)24-16(9)19-15(20)13-10-5-6-11(23-10)14(13)17(21)22/h10-11,13-14H,1-6H2,(H,19,20)(H,21,22)/t10-,11+,13+,14+/m1/s1. The molecule has 0 aromatic carbocycles. The SMILES string of the molecule is N#Cc1c(NC(=O)[C@@H]2[C@@H](C(=O)O)[C@@H]3CC[C@H]2O3)sc2c1CCCC2. The zero-order valence-electron chi connectivity index (χ0n) is 13.1. The minimum Gasteiger partial charge on any atom is -0.481 e. The summed E-state index contributed by atoms with van der Waals surface area (Å²) in [6, 6.07) is 2.22. The Morgan fingerprint density at radius 1 is 1.21 bits per heavy atom. The van der Waals surface area contributed by atoms with Gasteiger partial charge in [-0.15, -0.1) is 11.3 Å². The van der Waals surface area contributed by atoms with Gasteiger partial charge in [-0.05, 0) is 44.1 Å². The Hall–Kier alpha value is -1.91. The zero-order chi connectivity index (χ0) is 16.8. The molecule has 2 bridgehead atoms. The number of anilines is 1. The van der Waals surface area contributed by atoms with Gasteiger partial charge in [-0.25, -0.2) is 0 Å². The lowest BCUT2D eigenvalue weighted by Gasteiger charge is -2.23. The van der Waals surface area contributed by atoms with Crippen molar-refractivity contribution in [3.05, 3.63) is 16.0 Å². The van der Waals surface area contributed by atoms with Crippen LogP contribution in [0.3, 0.4) is 0 Å². The van der Waals surface area contributed by atoms with Gasteiger partial charge in [0.15, 0.2) is 0 Å². The van der Waals surface area contributed by atoms with Gasteiger partial charge >= 0.3 is 5.97 Å². The Morgan fingerprint density at radius 3 is 2.62 bits per heavy atom. The van der Waals surface area contributed by atoms with E-state index < -0.39 is 17.8 Å². The van der Waals surface area contributed by atoms with Crippen molar-refractivity contribution in [2.75, 3.05) is 5.32 Å². The summed E-state index contributed by atoms with van der Waals surface area (Å²) in [5, 5.41) is 22.3. The summed E-state index contributed by atoms with van der Waals surface area (Å²) in [5.74, 6) is -2.77. The number of fused-ring (bicyclic) bond motifs is 3. The summed E-state index contributed by atoms with van der Waals surface area (Å²) < 4.78 is 5.65. The van der Waals surface area contributed by atoms with Crippen LogP contribution in [0.4, 0.5) is 5.00 Å². The van der Waals surface area contributed by atoms with Gasteiger partial charge in [-0.2, -0.15) is 5.26 Å². The van der Waals surface area contributed by atoms with Crippen molar-refractivity contribution in [1.29, 1.82) is 5.26 Å². The van der Waals surface area contributed by atoms with Crippen LogP contribution in [0.25, 0.3) is 0 Å². The molecule has 0 saturated carbocycles. The third kappa shape index (κ3) is 2.33. The first-order chi connectivity index (χ1) is 11.6. The van der Waals surface area contributed by atoms with Crippen LogP contribution in [-0.4, -0.2) is 29.2 Å². The fourth-order valence-electron chi connectivity index (χ4n) is 4.29. The number of amides is 1. The number of ether oxygens (including phenoxy) is 1. The van der Waals surface area contributed by atoms with Crippen molar-refractivity contribution in [2.45, 2.75) is 50.7 Å². The Bertz CT molecular complexity index is 751. The first-order valence-electron chi connectivity index (χ1n) is 8.34. The van der Waals surface area contributed by atoms with Crippen LogP contribution < -0.4 is 5.32 Å². The summed E-state index contributed by atoms with van der Waals surface area (Å²) in [4.78, 5) is 25.4. The van der Waals surface area contributed by atoms with Crippen molar-refractivity contribution < 1.29 is 19.4 Å². The number of thiophene rings is 1. The van der Waals surface area contributed by atoms with E-state index in [0.717, 1.165) is 37.7 Å². The number of aliphatic carboxylic acids is 1. The molecule has 2 aliphatic heterocycles. The number of hydrogen-bond donors (Lipinski definition) is 2. The minimum atomic E-state index is -0.978. The Morgan fingerprint density at radius 2 is 1.92 bits per heavy atom. The number of carbonyl (C=O) groups is 2. The summed E-state index contributed by atoms with van der Waals surface area (Å²) >= 11 is 1.46. The van der Waals surface area contributed by atoms with Crippen LogP contribution in [0.2, 0.25) is 0 Å². The van der Waals surface area contributed by atoms with Crippen molar-refractivity contribution in [3.8, 4) is 6.07 Å². The third-order valence-electron chi connectivity index (χ3n) is 5.38. The quantitative estimate of drug-likeness (QED) is 0.875. The summed E-state index contributed by atoms with van der Waals surface area (Å²) in [5.41, 5.74) is 1.61. The van der Waals surface area contributed by atoms with Gasteiger partial charge in [0.1, 0.15) is 11.1 Å². The van der Waals surface area contributed by atoms with Crippen LogP contribution in [-0.2, 0) is 27.2 Å². The maximum absolute atomic E-state index is 12.7. The second-order valence-corrected chi connectivity index (χ2v) is 7.80. The first kappa shape index (κ1) is 15.6. The zero-order valence-corrected chi connectivity index (χ0v) is 13.9. The first-order valence-corrected chi connectivity index (χ1v) is 9.15. The highest BCUT2D eigenvalue weighted by molar-refractivity contribution is 7.16. The summed E-state index contributed by atoms with van der Waals surface area (Å²) in [6.07, 6.45) is 4.71. The molecule has 0 spiro atoms. The molecule has 4 atom stereocenters. The van der Waals surface area contributed by atoms with Gasteiger partial charge in [0.25, 0.3) is 0 Å². The van der Waals surface area contributed by atoms with Crippen LogP contribution >= 0.6 is 11.3 Å².